The molecule has 1 unspecified atom stereocenters. The number of fused-ring (bicyclic) bond motifs is 6. The van der Waals surface area contributed by atoms with Gasteiger partial charge in [0.25, 0.3) is 5.91 Å². The summed E-state index contributed by atoms with van der Waals surface area (Å²) >= 11 is 1.43. The lowest BCUT2D eigenvalue weighted by atomic mass is 9.96. The van der Waals surface area contributed by atoms with Gasteiger partial charge in [-0.2, -0.15) is 0 Å². The molecule has 0 saturated carbocycles. The van der Waals surface area contributed by atoms with Crippen molar-refractivity contribution in [2.75, 3.05) is 23.8 Å². The van der Waals surface area contributed by atoms with Gasteiger partial charge >= 0.3 is 0 Å². The van der Waals surface area contributed by atoms with Crippen LogP contribution in [0.1, 0.15) is 52.6 Å². The molecule has 0 spiro atoms. The second-order valence-corrected chi connectivity index (χ2v) is 10.4. The number of aryl methyl sites for hydroxylation is 2. The molecule has 2 aliphatic heterocycles. The fourth-order valence-electron chi connectivity index (χ4n) is 5.56. The Kier molecular flexibility index (Phi) is 5.72. The van der Waals surface area contributed by atoms with Gasteiger partial charge < -0.3 is 19.7 Å². The van der Waals surface area contributed by atoms with Gasteiger partial charge in [-0.3, -0.25) is 9.59 Å². The van der Waals surface area contributed by atoms with Gasteiger partial charge in [0.2, 0.25) is 11.0 Å². The highest BCUT2D eigenvalue weighted by Crippen LogP contribution is 2.44. The van der Waals surface area contributed by atoms with Crippen LogP contribution in [0.15, 0.2) is 48.5 Å². The zero-order chi connectivity index (χ0) is 24.8. The third-order valence-electron chi connectivity index (χ3n) is 7.14. The predicted molar refractivity (Wildman–Crippen MR) is 141 cm³/mol. The molecule has 0 saturated heterocycles. The fraction of sp³-hybridized carbons (Fsp3) is 0.333. The van der Waals surface area contributed by atoms with Crippen LogP contribution in [0.25, 0.3) is 10.9 Å². The summed E-state index contributed by atoms with van der Waals surface area (Å²) in [6.45, 7) is 3.27. The smallest absolute Gasteiger partial charge is 0.257 e. The Hall–Kier alpha value is -3.72. The second kappa shape index (κ2) is 9.05. The molecule has 2 aliphatic rings. The van der Waals surface area contributed by atoms with E-state index in [2.05, 4.69) is 57.2 Å². The zero-order valence-corrected chi connectivity index (χ0v) is 21.2. The molecule has 4 aromatic rings. The van der Waals surface area contributed by atoms with Crippen LogP contribution in [0.2, 0.25) is 0 Å². The molecule has 4 heterocycles. The molecule has 36 heavy (non-hydrogen) atoms. The molecule has 2 amide bonds. The summed E-state index contributed by atoms with van der Waals surface area (Å²) in [7, 11) is 2.05. The maximum Gasteiger partial charge on any atom is 0.257 e. The number of hydrogen-bond acceptors (Lipinski definition) is 6. The maximum atomic E-state index is 13.5. The van der Waals surface area contributed by atoms with Crippen molar-refractivity contribution in [2.45, 2.75) is 45.3 Å². The first-order chi connectivity index (χ1) is 17.6. The summed E-state index contributed by atoms with van der Waals surface area (Å²) in [5.74, 6) is -0.0279. The van der Waals surface area contributed by atoms with Crippen LogP contribution in [0.5, 0.6) is 0 Å². The molecular formula is C27H28N6O2S. The lowest BCUT2D eigenvalue weighted by Gasteiger charge is -2.46. The average Bonchev–Trinajstić information content (AvgIpc) is 3.47. The minimum Gasteiger partial charge on any atom is -0.349 e. The first-order valence-electron chi connectivity index (χ1n) is 12.4. The van der Waals surface area contributed by atoms with Crippen LogP contribution in [0.4, 0.5) is 10.8 Å². The van der Waals surface area contributed by atoms with E-state index in [9.17, 15) is 9.59 Å². The van der Waals surface area contributed by atoms with Crippen LogP contribution in [-0.2, 0) is 24.2 Å². The summed E-state index contributed by atoms with van der Waals surface area (Å²) in [4.78, 5) is 30.5. The second-order valence-electron chi connectivity index (χ2n) is 9.33. The Morgan fingerprint density at radius 3 is 2.81 bits per heavy atom. The number of amides is 2. The number of carbonyl (C=O) groups is 2. The fourth-order valence-corrected chi connectivity index (χ4v) is 6.42. The van der Waals surface area contributed by atoms with Crippen molar-refractivity contribution in [3.05, 3.63) is 70.4 Å². The van der Waals surface area contributed by atoms with Crippen LogP contribution in [0.3, 0.4) is 0 Å². The largest absolute Gasteiger partial charge is 0.349 e. The number of nitrogens with one attached hydrogen (secondary N) is 1. The number of anilines is 2. The van der Waals surface area contributed by atoms with Crippen molar-refractivity contribution in [1.29, 1.82) is 0 Å². The molecule has 0 aliphatic carbocycles. The van der Waals surface area contributed by atoms with Gasteiger partial charge in [-0.1, -0.05) is 48.6 Å². The summed E-state index contributed by atoms with van der Waals surface area (Å²) in [6, 6.07) is 16.1. The highest BCUT2D eigenvalue weighted by atomic mass is 32.1. The molecule has 0 fully saturated rings. The van der Waals surface area contributed by atoms with Gasteiger partial charge in [0.1, 0.15) is 11.2 Å². The van der Waals surface area contributed by atoms with E-state index in [1.165, 1.54) is 22.3 Å². The molecular weight excluding hydrogens is 472 g/mol. The quantitative estimate of drug-likeness (QED) is 0.418. The standard InChI is InChI=1S/C27H28N6O2S/c1-3-8-23-29-30-27(36-23)28-22(34)14-16-32-21-12-7-4-9-17(21)18-13-15-33-25(24(18)32)31(2)20-11-6-5-10-19(20)26(33)35/h4-7,9-12,25H,3,8,13-16H2,1-2H3,(H,28,30,34). The number of carbonyl (C=O) groups excluding carboxylic acids is 2. The van der Waals surface area contributed by atoms with Crippen molar-refractivity contribution in [1.82, 2.24) is 19.7 Å². The summed E-state index contributed by atoms with van der Waals surface area (Å²) < 4.78 is 2.24. The molecule has 8 nitrogen and oxygen atoms in total. The minimum atomic E-state index is -0.216. The SMILES string of the molecule is CCCc1nnc(NC(=O)CCn2c3c(c4ccccc42)CCN2C(=O)c4ccccc4N(C)C32)s1. The van der Waals surface area contributed by atoms with Crippen LogP contribution in [0, 0.1) is 0 Å². The van der Waals surface area contributed by atoms with Crippen molar-refractivity contribution >= 4 is 44.9 Å². The van der Waals surface area contributed by atoms with Gasteiger partial charge in [0, 0.05) is 43.9 Å². The topological polar surface area (TPSA) is 83.4 Å². The molecule has 6 rings (SSSR count). The zero-order valence-electron chi connectivity index (χ0n) is 20.4. The Morgan fingerprint density at radius 1 is 1.14 bits per heavy atom. The highest BCUT2D eigenvalue weighted by Gasteiger charge is 2.42. The first kappa shape index (κ1) is 22.7. The van der Waals surface area contributed by atoms with E-state index in [-0.39, 0.29) is 18.0 Å². The van der Waals surface area contributed by atoms with Crippen molar-refractivity contribution in [3.8, 4) is 0 Å². The van der Waals surface area contributed by atoms with Crippen molar-refractivity contribution < 1.29 is 9.59 Å². The van der Waals surface area contributed by atoms with Crippen LogP contribution >= 0.6 is 11.3 Å². The van der Waals surface area contributed by atoms with E-state index in [4.69, 9.17) is 0 Å². The lowest BCUT2D eigenvalue weighted by Crippen LogP contribution is -2.51. The molecule has 1 N–H and O–H groups in total. The number of benzene rings is 2. The Bertz CT molecular complexity index is 1470. The van der Waals surface area contributed by atoms with Gasteiger partial charge in [0.05, 0.1) is 16.9 Å². The maximum absolute atomic E-state index is 13.5. The summed E-state index contributed by atoms with van der Waals surface area (Å²) in [5, 5.41) is 13.9. The third kappa shape index (κ3) is 3.65. The van der Waals surface area contributed by atoms with Gasteiger partial charge in [-0.15, -0.1) is 10.2 Å². The number of aromatic nitrogens is 3. The molecule has 0 bridgehead atoms. The Morgan fingerprint density at radius 2 is 1.94 bits per heavy atom. The van der Waals surface area contributed by atoms with E-state index in [1.54, 1.807) is 0 Å². The van der Waals surface area contributed by atoms with Crippen molar-refractivity contribution in [3.63, 3.8) is 0 Å². The molecule has 184 valence electrons. The highest BCUT2D eigenvalue weighted by molar-refractivity contribution is 7.15. The molecule has 9 heteroatoms. The monoisotopic (exact) mass is 500 g/mol. The number of nitrogens with zero attached hydrogens (tertiary/aromatic N) is 5. The number of rotatable bonds is 6. The van der Waals surface area contributed by atoms with Gasteiger partial charge in [-0.05, 0) is 36.6 Å². The first-order valence-corrected chi connectivity index (χ1v) is 13.2. The van der Waals surface area contributed by atoms with Crippen LogP contribution in [-0.4, -0.2) is 45.1 Å². The Balaban J connectivity index is 1.34. The normalized spacial score (nSPS) is 16.6. The van der Waals surface area contributed by atoms with Crippen LogP contribution < -0.4 is 10.2 Å². The van der Waals surface area contributed by atoms with E-state index in [0.717, 1.165) is 46.7 Å². The third-order valence-corrected chi connectivity index (χ3v) is 8.04. The molecule has 2 aromatic heterocycles. The molecule has 2 aromatic carbocycles. The van der Waals surface area contributed by atoms with E-state index >= 15 is 0 Å². The minimum absolute atomic E-state index is 0.0630. The van der Waals surface area contributed by atoms with Crippen molar-refractivity contribution in [2.24, 2.45) is 0 Å². The number of hydrogen-bond donors (Lipinski definition) is 1. The van der Waals surface area contributed by atoms with Gasteiger partial charge in [-0.25, -0.2) is 0 Å². The predicted octanol–water partition coefficient (Wildman–Crippen LogP) is 4.62. The summed E-state index contributed by atoms with van der Waals surface area (Å²) in [6.07, 6.45) is 2.73. The lowest BCUT2D eigenvalue weighted by molar-refractivity contribution is -0.116. The van der Waals surface area contributed by atoms with E-state index < -0.39 is 0 Å². The average molecular weight is 501 g/mol. The summed E-state index contributed by atoms with van der Waals surface area (Å²) in [5.41, 5.74) is 5.13. The Labute approximate surface area is 213 Å². The van der Waals surface area contributed by atoms with Gasteiger partial charge in [0.15, 0.2) is 0 Å². The van der Waals surface area contributed by atoms with E-state index in [1.807, 2.05) is 35.2 Å². The molecule has 0 radical (unpaired) electrons. The molecule has 1 atom stereocenters. The van der Waals surface area contributed by atoms with E-state index in [0.29, 0.717) is 24.6 Å². The number of para-hydroxylation sites is 2.